The number of hydrogen-bond donors (Lipinski definition) is 1. The molecule has 0 aliphatic heterocycles. The maximum atomic E-state index is 6.32. The van der Waals surface area contributed by atoms with E-state index in [1.165, 1.54) is 0 Å². The summed E-state index contributed by atoms with van der Waals surface area (Å²) in [6, 6.07) is 7.38. The standard InChI is InChI=1S/C13H14ClNO2S.ClH/c1-16-9-6-5-8(11(14)13(9)17-2)12(15)10-4-3-7-18-10;/h3-7,12H,15H2,1-2H3;1H/t12-;/m1./s1. The predicted octanol–water partition coefficient (Wildman–Crippen LogP) is 3.89. The zero-order valence-corrected chi connectivity index (χ0v) is 12.9. The van der Waals surface area contributed by atoms with E-state index >= 15 is 0 Å². The summed E-state index contributed by atoms with van der Waals surface area (Å²) in [5.41, 5.74) is 7.04. The Morgan fingerprint density at radius 1 is 1.21 bits per heavy atom. The Bertz CT molecular complexity index is 532. The second-order valence-corrected chi connectivity index (χ2v) is 5.05. The van der Waals surface area contributed by atoms with E-state index in [2.05, 4.69) is 0 Å². The molecular weight excluding hydrogens is 305 g/mol. The summed E-state index contributed by atoms with van der Waals surface area (Å²) >= 11 is 7.93. The first-order chi connectivity index (χ1) is 8.69. The van der Waals surface area contributed by atoms with Crippen LogP contribution in [-0.2, 0) is 0 Å². The molecular formula is C13H15Cl2NO2S. The third-order valence-corrected chi connectivity index (χ3v) is 4.04. The van der Waals surface area contributed by atoms with Crippen molar-refractivity contribution in [2.45, 2.75) is 6.04 Å². The molecule has 0 bridgehead atoms. The Kier molecular flexibility index (Phi) is 5.94. The molecule has 0 amide bonds. The zero-order chi connectivity index (χ0) is 13.1. The highest BCUT2D eigenvalue weighted by atomic mass is 35.5. The number of benzene rings is 1. The molecule has 1 aromatic carbocycles. The van der Waals surface area contributed by atoms with Gasteiger partial charge in [-0.15, -0.1) is 23.7 Å². The normalized spacial score (nSPS) is 11.6. The smallest absolute Gasteiger partial charge is 0.179 e. The van der Waals surface area contributed by atoms with E-state index in [-0.39, 0.29) is 18.4 Å². The molecule has 19 heavy (non-hydrogen) atoms. The molecule has 2 N–H and O–H groups in total. The summed E-state index contributed by atoms with van der Waals surface area (Å²) < 4.78 is 10.5. The molecule has 1 atom stereocenters. The van der Waals surface area contributed by atoms with Gasteiger partial charge in [-0.25, -0.2) is 0 Å². The van der Waals surface area contributed by atoms with Crippen LogP contribution in [0, 0.1) is 0 Å². The molecule has 6 heteroatoms. The summed E-state index contributed by atoms with van der Waals surface area (Å²) in [6.07, 6.45) is 0. The van der Waals surface area contributed by atoms with Gasteiger partial charge in [-0.3, -0.25) is 0 Å². The van der Waals surface area contributed by atoms with E-state index in [1.54, 1.807) is 25.6 Å². The number of ether oxygens (including phenoxy) is 2. The van der Waals surface area contributed by atoms with Crippen LogP contribution in [0.2, 0.25) is 5.02 Å². The maximum absolute atomic E-state index is 6.32. The van der Waals surface area contributed by atoms with Crippen LogP contribution in [-0.4, -0.2) is 14.2 Å². The van der Waals surface area contributed by atoms with E-state index in [4.69, 9.17) is 26.8 Å². The quantitative estimate of drug-likeness (QED) is 0.929. The molecule has 0 fully saturated rings. The Hall–Kier alpha value is -0.940. The van der Waals surface area contributed by atoms with E-state index in [9.17, 15) is 0 Å². The van der Waals surface area contributed by atoms with Crippen molar-refractivity contribution >= 4 is 35.3 Å². The Balaban J connectivity index is 0.00000180. The van der Waals surface area contributed by atoms with Crippen molar-refractivity contribution in [1.29, 1.82) is 0 Å². The van der Waals surface area contributed by atoms with Gasteiger partial charge in [-0.1, -0.05) is 23.7 Å². The van der Waals surface area contributed by atoms with Gasteiger partial charge in [0.05, 0.1) is 25.3 Å². The number of hydrogen-bond acceptors (Lipinski definition) is 4. The Labute approximate surface area is 127 Å². The molecule has 0 saturated carbocycles. The van der Waals surface area contributed by atoms with Gasteiger partial charge in [0.15, 0.2) is 11.5 Å². The zero-order valence-electron chi connectivity index (χ0n) is 10.6. The highest BCUT2D eigenvalue weighted by Gasteiger charge is 2.19. The lowest BCUT2D eigenvalue weighted by Gasteiger charge is -2.16. The molecule has 0 aliphatic carbocycles. The highest BCUT2D eigenvalue weighted by Crippen LogP contribution is 2.40. The van der Waals surface area contributed by atoms with Crippen LogP contribution < -0.4 is 15.2 Å². The second-order valence-electron chi connectivity index (χ2n) is 3.70. The predicted molar refractivity (Wildman–Crippen MR) is 82.2 cm³/mol. The fourth-order valence-electron chi connectivity index (χ4n) is 1.77. The summed E-state index contributed by atoms with van der Waals surface area (Å²) in [5, 5.41) is 2.49. The molecule has 2 aromatic rings. The molecule has 0 saturated heterocycles. The third kappa shape index (κ3) is 3.15. The molecule has 0 unspecified atom stereocenters. The van der Waals surface area contributed by atoms with Gasteiger partial charge in [-0.2, -0.15) is 0 Å². The van der Waals surface area contributed by atoms with Crippen LogP contribution in [0.1, 0.15) is 16.5 Å². The van der Waals surface area contributed by atoms with Crippen molar-refractivity contribution in [3.63, 3.8) is 0 Å². The highest BCUT2D eigenvalue weighted by molar-refractivity contribution is 7.10. The molecule has 0 spiro atoms. The SMILES string of the molecule is COc1ccc([C@@H](N)c2cccs2)c(Cl)c1OC.Cl. The first-order valence-electron chi connectivity index (χ1n) is 5.38. The first kappa shape index (κ1) is 16.1. The summed E-state index contributed by atoms with van der Waals surface area (Å²) in [7, 11) is 3.14. The number of nitrogens with two attached hydrogens (primary N) is 1. The second kappa shape index (κ2) is 7.01. The summed E-state index contributed by atoms with van der Waals surface area (Å²) in [6.45, 7) is 0. The lowest BCUT2D eigenvalue weighted by molar-refractivity contribution is 0.354. The molecule has 1 heterocycles. The van der Waals surface area contributed by atoms with Gasteiger partial charge in [0.2, 0.25) is 0 Å². The lowest BCUT2D eigenvalue weighted by Crippen LogP contribution is -2.11. The van der Waals surface area contributed by atoms with Gasteiger partial charge < -0.3 is 15.2 Å². The minimum atomic E-state index is -0.252. The number of rotatable bonds is 4. The molecule has 0 aliphatic rings. The van der Waals surface area contributed by atoms with E-state index in [0.717, 1.165) is 10.4 Å². The number of thiophene rings is 1. The molecule has 1 aromatic heterocycles. The van der Waals surface area contributed by atoms with Gasteiger partial charge >= 0.3 is 0 Å². The minimum Gasteiger partial charge on any atom is -0.493 e. The van der Waals surface area contributed by atoms with Gasteiger partial charge in [0.1, 0.15) is 0 Å². The Morgan fingerprint density at radius 3 is 2.47 bits per heavy atom. The van der Waals surface area contributed by atoms with Crippen molar-refractivity contribution in [3.05, 3.63) is 45.1 Å². The first-order valence-corrected chi connectivity index (χ1v) is 6.64. The summed E-state index contributed by atoms with van der Waals surface area (Å²) in [4.78, 5) is 1.06. The van der Waals surface area contributed by atoms with E-state index in [1.807, 2.05) is 29.6 Å². The van der Waals surface area contributed by atoms with Crippen LogP contribution in [0.5, 0.6) is 11.5 Å². The van der Waals surface area contributed by atoms with Crippen LogP contribution in [0.15, 0.2) is 29.6 Å². The van der Waals surface area contributed by atoms with Crippen molar-refractivity contribution in [2.75, 3.05) is 14.2 Å². The van der Waals surface area contributed by atoms with Crippen LogP contribution in [0.4, 0.5) is 0 Å². The van der Waals surface area contributed by atoms with Gasteiger partial charge in [0, 0.05) is 4.88 Å². The fourth-order valence-corrected chi connectivity index (χ4v) is 2.86. The average molecular weight is 320 g/mol. The van der Waals surface area contributed by atoms with E-state index in [0.29, 0.717) is 16.5 Å². The molecule has 0 radical (unpaired) electrons. The molecule has 3 nitrogen and oxygen atoms in total. The van der Waals surface area contributed by atoms with Crippen molar-refractivity contribution in [2.24, 2.45) is 5.73 Å². The van der Waals surface area contributed by atoms with Crippen molar-refractivity contribution < 1.29 is 9.47 Å². The minimum absolute atomic E-state index is 0. The van der Waals surface area contributed by atoms with Crippen molar-refractivity contribution in [1.82, 2.24) is 0 Å². The van der Waals surface area contributed by atoms with Crippen LogP contribution in [0.3, 0.4) is 0 Å². The monoisotopic (exact) mass is 319 g/mol. The largest absolute Gasteiger partial charge is 0.493 e. The average Bonchev–Trinajstić information content (AvgIpc) is 2.91. The van der Waals surface area contributed by atoms with E-state index < -0.39 is 0 Å². The molecule has 104 valence electrons. The van der Waals surface area contributed by atoms with Crippen molar-refractivity contribution in [3.8, 4) is 11.5 Å². The lowest BCUT2D eigenvalue weighted by atomic mass is 10.1. The van der Waals surface area contributed by atoms with Crippen LogP contribution in [0.25, 0.3) is 0 Å². The van der Waals surface area contributed by atoms with Gasteiger partial charge in [0.25, 0.3) is 0 Å². The molecule has 2 rings (SSSR count). The number of methoxy groups -OCH3 is 2. The third-order valence-electron chi connectivity index (χ3n) is 2.70. The topological polar surface area (TPSA) is 44.5 Å². The number of halogens is 2. The summed E-state index contributed by atoms with van der Waals surface area (Å²) in [5.74, 6) is 1.12. The van der Waals surface area contributed by atoms with Crippen LogP contribution >= 0.6 is 35.3 Å². The Morgan fingerprint density at radius 2 is 1.95 bits per heavy atom. The fraction of sp³-hybridized carbons (Fsp3) is 0.231. The van der Waals surface area contributed by atoms with Gasteiger partial charge in [-0.05, 0) is 23.1 Å². The maximum Gasteiger partial charge on any atom is 0.179 e.